The van der Waals surface area contributed by atoms with Gasteiger partial charge in [-0.05, 0) is 35.2 Å². The summed E-state index contributed by atoms with van der Waals surface area (Å²) in [6.07, 6.45) is 0.372. The van der Waals surface area contributed by atoms with Crippen molar-refractivity contribution >= 4 is 11.8 Å². The second-order valence-corrected chi connectivity index (χ2v) is 9.34. The van der Waals surface area contributed by atoms with Gasteiger partial charge >= 0.3 is 0 Å². The Morgan fingerprint density at radius 1 is 0.941 bits per heavy atom. The maximum absolute atomic E-state index is 12.7. The molecule has 2 aliphatic rings. The van der Waals surface area contributed by atoms with Crippen molar-refractivity contribution in [2.75, 3.05) is 52.4 Å². The lowest BCUT2D eigenvalue weighted by Gasteiger charge is -2.34. The Labute approximate surface area is 201 Å². The largest absolute Gasteiger partial charge is 0.390 e. The first-order valence-electron chi connectivity index (χ1n) is 12.0. The highest BCUT2D eigenvalue weighted by atomic mass is 16.3. The molecule has 0 aliphatic carbocycles. The number of primary amides is 1. The number of amides is 2. The van der Waals surface area contributed by atoms with E-state index in [2.05, 4.69) is 44.3 Å². The lowest BCUT2D eigenvalue weighted by Crippen LogP contribution is -2.48. The number of carbonyl (C=O) groups excluding carboxylic acids is 2. The first-order chi connectivity index (χ1) is 16.5. The van der Waals surface area contributed by atoms with Gasteiger partial charge in [-0.3, -0.25) is 24.3 Å². The first-order valence-corrected chi connectivity index (χ1v) is 12.0. The van der Waals surface area contributed by atoms with Crippen molar-refractivity contribution in [3.8, 4) is 0 Å². The average Bonchev–Trinajstić information content (AvgIpc) is 2.83. The minimum absolute atomic E-state index is 0.170. The molecule has 182 valence electrons. The van der Waals surface area contributed by atoms with E-state index in [1.807, 2.05) is 18.2 Å². The number of rotatable bonds is 9. The molecule has 2 heterocycles. The molecule has 2 amide bonds. The van der Waals surface area contributed by atoms with E-state index in [0.29, 0.717) is 18.7 Å². The van der Waals surface area contributed by atoms with Gasteiger partial charge in [0.1, 0.15) is 0 Å². The summed E-state index contributed by atoms with van der Waals surface area (Å²) in [5, 5.41) is 13.4. The molecule has 0 bridgehead atoms. The number of benzene rings is 2. The topological polar surface area (TPSA) is 102 Å². The highest BCUT2D eigenvalue weighted by Crippen LogP contribution is 2.18. The number of hydrogen-bond donors (Lipinski definition) is 3. The fourth-order valence-electron chi connectivity index (χ4n) is 4.78. The van der Waals surface area contributed by atoms with Crippen LogP contribution in [0.25, 0.3) is 0 Å². The Morgan fingerprint density at radius 2 is 1.68 bits per heavy atom. The van der Waals surface area contributed by atoms with Crippen LogP contribution in [0.3, 0.4) is 0 Å². The lowest BCUT2D eigenvalue weighted by atomic mass is 10.00. The van der Waals surface area contributed by atoms with Crippen molar-refractivity contribution < 1.29 is 14.7 Å². The minimum Gasteiger partial charge on any atom is -0.390 e. The molecule has 0 saturated carbocycles. The Morgan fingerprint density at radius 3 is 2.44 bits per heavy atom. The van der Waals surface area contributed by atoms with E-state index >= 15 is 0 Å². The zero-order chi connectivity index (χ0) is 23.9. The van der Waals surface area contributed by atoms with Crippen LogP contribution in [0, 0.1) is 0 Å². The Bertz CT molecular complexity index is 990. The molecule has 8 nitrogen and oxygen atoms in total. The average molecular weight is 466 g/mol. The van der Waals surface area contributed by atoms with E-state index in [0.717, 1.165) is 57.8 Å². The van der Waals surface area contributed by atoms with Gasteiger partial charge in [-0.25, -0.2) is 0 Å². The lowest BCUT2D eigenvalue weighted by molar-refractivity contribution is -0.119. The predicted molar refractivity (Wildman–Crippen MR) is 131 cm³/mol. The van der Waals surface area contributed by atoms with Crippen molar-refractivity contribution in [2.45, 2.75) is 25.6 Å². The second kappa shape index (κ2) is 11.6. The summed E-state index contributed by atoms with van der Waals surface area (Å²) in [5.41, 5.74) is 9.66. The second-order valence-electron chi connectivity index (χ2n) is 9.34. The van der Waals surface area contributed by atoms with E-state index in [9.17, 15) is 14.7 Å². The van der Waals surface area contributed by atoms with Crippen molar-refractivity contribution in [2.24, 2.45) is 5.73 Å². The Balaban J connectivity index is 1.21. The van der Waals surface area contributed by atoms with Crippen LogP contribution in [0.5, 0.6) is 0 Å². The summed E-state index contributed by atoms with van der Waals surface area (Å²) >= 11 is 0. The fraction of sp³-hybridized carbons (Fsp3) is 0.462. The Hall–Kier alpha value is -2.78. The third kappa shape index (κ3) is 6.87. The van der Waals surface area contributed by atoms with Crippen LogP contribution in [0.4, 0.5) is 0 Å². The van der Waals surface area contributed by atoms with Gasteiger partial charge in [0, 0.05) is 64.5 Å². The first kappa shape index (κ1) is 24.3. The molecule has 0 spiro atoms. The molecule has 2 aromatic carbocycles. The monoisotopic (exact) mass is 465 g/mol. The van der Waals surface area contributed by atoms with Crippen molar-refractivity contribution in [3.63, 3.8) is 0 Å². The molecule has 1 atom stereocenters. The number of piperazine rings is 1. The quantitative estimate of drug-likeness (QED) is 0.497. The van der Waals surface area contributed by atoms with Crippen molar-refractivity contribution in [1.82, 2.24) is 20.0 Å². The summed E-state index contributed by atoms with van der Waals surface area (Å²) in [5.74, 6) is -0.463. The molecule has 34 heavy (non-hydrogen) atoms. The van der Waals surface area contributed by atoms with Gasteiger partial charge in [0.15, 0.2) is 0 Å². The van der Waals surface area contributed by atoms with Gasteiger partial charge in [0.2, 0.25) is 5.91 Å². The Kier molecular flexibility index (Phi) is 8.29. The smallest absolute Gasteiger partial charge is 0.251 e. The summed E-state index contributed by atoms with van der Waals surface area (Å²) in [6, 6.07) is 16.1. The van der Waals surface area contributed by atoms with Gasteiger partial charge < -0.3 is 16.2 Å². The number of fused-ring (bicyclic) bond motifs is 1. The van der Waals surface area contributed by atoms with Gasteiger partial charge in [-0.2, -0.15) is 0 Å². The maximum Gasteiger partial charge on any atom is 0.251 e. The molecule has 0 aromatic heterocycles. The van der Waals surface area contributed by atoms with E-state index in [1.165, 1.54) is 11.1 Å². The summed E-state index contributed by atoms with van der Waals surface area (Å²) < 4.78 is 0. The zero-order valence-corrected chi connectivity index (χ0v) is 19.7. The summed E-state index contributed by atoms with van der Waals surface area (Å²) in [6.45, 7) is 6.91. The number of nitrogens with one attached hydrogen (secondary N) is 1. The number of β-amino-alcohol motifs (C(OH)–C–C–N with tert-alkyl or cyclic N) is 1. The van der Waals surface area contributed by atoms with E-state index in [4.69, 9.17) is 5.73 Å². The molecule has 8 heteroatoms. The SMILES string of the molecule is NC(=O)CN1CCN(Cc2cccc(C(=O)NCC(O)CN3CCc4ccccc4C3)c2)CC1. The highest BCUT2D eigenvalue weighted by Gasteiger charge is 2.20. The molecule has 1 saturated heterocycles. The van der Waals surface area contributed by atoms with Gasteiger partial charge in [-0.15, -0.1) is 0 Å². The van der Waals surface area contributed by atoms with Crippen LogP contribution >= 0.6 is 0 Å². The molecule has 4 N–H and O–H groups in total. The normalized spacial score (nSPS) is 18.3. The van der Waals surface area contributed by atoms with E-state index < -0.39 is 6.10 Å². The van der Waals surface area contributed by atoms with Crippen LogP contribution in [0.2, 0.25) is 0 Å². The molecule has 0 radical (unpaired) electrons. The number of hydrogen-bond acceptors (Lipinski definition) is 6. The highest BCUT2D eigenvalue weighted by molar-refractivity contribution is 5.94. The number of aliphatic hydroxyl groups is 1. The molecule has 2 aliphatic heterocycles. The molecule has 4 rings (SSSR count). The third-order valence-electron chi connectivity index (χ3n) is 6.62. The molecule has 1 unspecified atom stereocenters. The van der Waals surface area contributed by atoms with Crippen LogP contribution in [-0.2, 0) is 24.3 Å². The van der Waals surface area contributed by atoms with Crippen molar-refractivity contribution in [3.05, 3.63) is 70.8 Å². The van der Waals surface area contributed by atoms with Crippen LogP contribution in [0.1, 0.15) is 27.0 Å². The predicted octanol–water partition coefficient (Wildman–Crippen LogP) is 0.439. The summed E-state index contributed by atoms with van der Waals surface area (Å²) in [4.78, 5) is 30.4. The zero-order valence-electron chi connectivity index (χ0n) is 19.7. The standard InChI is InChI=1S/C26H35N5O3/c27-25(33)19-30-12-10-29(11-13-30)16-20-4-3-7-22(14-20)26(34)28-15-24(32)18-31-9-8-21-5-1-2-6-23(21)17-31/h1-7,14,24,32H,8-13,15-19H2,(H2,27,33)(H,28,34). The van der Waals surface area contributed by atoms with Gasteiger partial charge in [0.25, 0.3) is 5.91 Å². The maximum atomic E-state index is 12.7. The van der Waals surface area contributed by atoms with Gasteiger partial charge in [-0.1, -0.05) is 36.4 Å². The molecular weight excluding hydrogens is 430 g/mol. The molecular formula is C26H35N5O3. The third-order valence-corrected chi connectivity index (χ3v) is 6.62. The van der Waals surface area contributed by atoms with Gasteiger partial charge in [0.05, 0.1) is 12.6 Å². The number of nitrogens with two attached hydrogens (primary N) is 1. The summed E-state index contributed by atoms with van der Waals surface area (Å²) in [7, 11) is 0. The number of carbonyl (C=O) groups is 2. The van der Waals surface area contributed by atoms with Crippen LogP contribution in [-0.4, -0.2) is 90.1 Å². The molecule has 1 fully saturated rings. The van der Waals surface area contributed by atoms with Crippen LogP contribution < -0.4 is 11.1 Å². The number of nitrogens with zero attached hydrogens (tertiary/aromatic N) is 3. The van der Waals surface area contributed by atoms with Crippen LogP contribution in [0.15, 0.2) is 48.5 Å². The van der Waals surface area contributed by atoms with Crippen molar-refractivity contribution in [1.29, 1.82) is 0 Å². The molecule has 2 aromatic rings. The fourth-order valence-corrected chi connectivity index (χ4v) is 4.78. The van der Waals surface area contributed by atoms with E-state index in [-0.39, 0.29) is 18.4 Å². The van der Waals surface area contributed by atoms with E-state index in [1.54, 1.807) is 6.07 Å². The minimum atomic E-state index is -0.617. The number of aliphatic hydroxyl groups excluding tert-OH is 1.